The SMILES string of the molecule is COCC(C)n1ccnc1NCc1nncn1C. The Kier molecular flexibility index (Phi) is 3.93. The van der Waals surface area contributed by atoms with Gasteiger partial charge in [-0.15, -0.1) is 10.2 Å². The first kappa shape index (κ1) is 12.6. The van der Waals surface area contributed by atoms with Crippen molar-refractivity contribution in [1.29, 1.82) is 0 Å². The zero-order chi connectivity index (χ0) is 13.0. The first-order valence-electron chi connectivity index (χ1n) is 5.81. The van der Waals surface area contributed by atoms with Crippen molar-refractivity contribution in [1.82, 2.24) is 24.3 Å². The van der Waals surface area contributed by atoms with Gasteiger partial charge in [0.25, 0.3) is 0 Å². The van der Waals surface area contributed by atoms with Gasteiger partial charge in [-0.3, -0.25) is 0 Å². The number of nitrogens with one attached hydrogen (secondary N) is 1. The van der Waals surface area contributed by atoms with Crippen LogP contribution in [0.25, 0.3) is 0 Å². The third-order valence-corrected chi connectivity index (χ3v) is 2.76. The van der Waals surface area contributed by atoms with Crippen LogP contribution in [0.3, 0.4) is 0 Å². The van der Waals surface area contributed by atoms with E-state index >= 15 is 0 Å². The highest BCUT2D eigenvalue weighted by Crippen LogP contribution is 2.14. The van der Waals surface area contributed by atoms with Gasteiger partial charge in [0.15, 0.2) is 5.82 Å². The van der Waals surface area contributed by atoms with E-state index in [1.54, 1.807) is 19.6 Å². The third-order valence-electron chi connectivity index (χ3n) is 2.76. The lowest BCUT2D eigenvalue weighted by atomic mass is 10.3. The number of anilines is 1. The number of aryl methyl sites for hydroxylation is 1. The number of hydrogen-bond acceptors (Lipinski definition) is 5. The van der Waals surface area contributed by atoms with Crippen molar-refractivity contribution in [2.75, 3.05) is 19.0 Å². The summed E-state index contributed by atoms with van der Waals surface area (Å²) in [4.78, 5) is 4.29. The molecule has 0 aliphatic heterocycles. The van der Waals surface area contributed by atoms with E-state index in [1.807, 2.05) is 22.4 Å². The molecule has 7 nitrogen and oxygen atoms in total. The molecular formula is C11H18N6O. The molecule has 0 spiro atoms. The average molecular weight is 250 g/mol. The van der Waals surface area contributed by atoms with E-state index in [-0.39, 0.29) is 6.04 Å². The molecule has 2 heterocycles. The number of methoxy groups -OCH3 is 1. The summed E-state index contributed by atoms with van der Waals surface area (Å²) in [6.45, 7) is 3.32. The molecule has 0 bridgehead atoms. The minimum Gasteiger partial charge on any atom is -0.383 e. The van der Waals surface area contributed by atoms with Gasteiger partial charge in [0.2, 0.25) is 5.95 Å². The van der Waals surface area contributed by atoms with E-state index in [0.29, 0.717) is 13.2 Å². The van der Waals surface area contributed by atoms with Crippen LogP contribution in [0, 0.1) is 0 Å². The molecule has 1 atom stereocenters. The van der Waals surface area contributed by atoms with Crippen molar-refractivity contribution in [3.8, 4) is 0 Å². The molecule has 2 aromatic heterocycles. The Hall–Kier alpha value is -1.89. The van der Waals surface area contributed by atoms with Gasteiger partial charge in [-0.25, -0.2) is 4.98 Å². The fourth-order valence-corrected chi connectivity index (χ4v) is 1.75. The van der Waals surface area contributed by atoms with E-state index in [4.69, 9.17) is 4.74 Å². The summed E-state index contributed by atoms with van der Waals surface area (Å²) in [7, 11) is 3.61. The monoisotopic (exact) mass is 250 g/mol. The second kappa shape index (κ2) is 5.63. The Morgan fingerprint density at radius 1 is 1.50 bits per heavy atom. The second-order valence-electron chi connectivity index (χ2n) is 4.17. The number of aromatic nitrogens is 5. The number of hydrogen-bond donors (Lipinski definition) is 1. The van der Waals surface area contributed by atoms with Crippen molar-refractivity contribution < 1.29 is 4.74 Å². The maximum atomic E-state index is 5.15. The molecule has 0 radical (unpaired) electrons. The van der Waals surface area contributed by atoms with Gasteiger partial charge in [-0.1, -0.05) is 0 Å². The molecule has 0 aliphatic carbocycles. The number of ether oxygens (including phenoxy) is 1. The molecule has 0 fully saturated rings. The predicted octanol–water partition coefficient (Wildman–Crippen LogP) is 0.831. The fraction of sp³-hybridized carbons (Fsp3) is 0.545. The molecule has 0 aliphatic rings. The summed E-state index contributed by atoms with van der Waals surface area (Å²) in [5.74, 6) is 1.67. The van der Waals surface area contributed by atoms with Gasteiger partial charge in [-0.2, -0.15) is 0 Å². The van der Waals surface area contributed by atoms with Crippen LogP contribution in [0.4, 0.5) is 5.95 Å². The molecule has 0 saturated heterocycles. The predicted molar refractivity (Wildman–Crippen MR) is 67.1 cm³/mol. The Morgan fingerprint density at radius 2 is 2.33 bits per heavy atom. The van der Waals surface area contributed by atoms with Crippen molar-refractivity contribution in [3.63, 3.8) is 0 Å². The summed E-state index contributed by atoms with van der Waals surface area (Å²) >= 11 is 0. The van der Waals surface area contributed by atoms with Gasteiger partial charge in [-0.05, 0) is 6.92 Å². The van der Waals surface area contributed by atoms with Crippen LogP contribution >= 0.6 is 0 Å². The van der Waals surface area contributed by atoms with Crippen LogP contribution in [0.1, 0.15) is 18.8 Å². The fourth-order valence-electron chi connectivity index (χ4n) is 1.75. The molecule has 98 valence electrons. The van der Waals surface area contributed by atoms with Crippen molar-refractivity contribution in [2.24, 2.45) is 7.05 Å². The number of imidazole rings is 1. The van der Waals surface area contributed by atoms with E-state index in [2.05, 4.69) is 27.4 Å². The first-order valence-corrected chi connectivity index (χ1v) is 5.81. The maximum absolute atomic E-state index is 5.15. The topological polar surface area (TPSA) is 69.8 Å². The van der Waals surface area contributed by atoms with Gasteiger partial charge >= 0.3 is 0 Å². The van der Waals surface area contributed by atoms with Crippen LogP contribution in [0.2, 0.25) is 0 Å². The Bertz CT molecular complexity index is 491. The van der Waals surface area contributed by atoms with Crippen LogP contribution in [-0.2, 0) is 18.3 Å². The third kappa shape index (κ3) is 2.67. The summed E-state index contributed by atoms with van der Waals surface area (Å²) < 4.78 is 9.06. The molecule has 2 aromatic rings. The van der Waals surface area contributed by atoms with E-state index in [1.165, 1.54) is 0 Å². The standard InChI is InChI=1S/C11H18N6O/c1-9(7-18-3)17-5-4-12-11(17)13-6-10-15-14-8-16(10)2/h4-5,8-9H,6-7H2,1-3H3,(H,12,13). The summed E-state index contributed by atoms with van der Waals surface area (Å²) in [6.07, 6.45) is 5.38. The smallest absolute Gasteiger partial charge is 0.203 e. The Balaban J connectivity index is 2.02. The van der Waals surface area contributed by atoms with Crippen LogP contribution in [0.15, 0.2) is 18.7 Å². The van der Waals surface area contributed by atoms with Crippen molar-refractivity contribution in [2.45, 2.75) is 19.5 Å². The van der Waals surface area contributed by atoms with Gasteiger partial charge in [0, 0.05) is 26.6 Å². The largest absolute Gasteiger partial charge is 0.383 e. The number of rotatable bonds is 6. The van der Waals surface area contributed by atoms with Gasteiger partial charge < -0.3 is 19.2 Å². The summed E-state index contributed by atoms with van der Waals surface area (Å²) in [5, 5.41) is 11.1. The molecule has 0 saturated carbocycles. The average Bonchev–Trinajstić information content (AvgIpc) is 2.95. The zero-order valence-corrected chi connectivity index (χ0v) is 10.9. The molecule has 1 unspecified atom stereocenters. The van der Waals surface area contributed by atoms with Gasteiger partial charge in [0.1, 0.15) is 6.33 Å². The minimum atomic E-state index is 0.236. The Labute approximate surface area is 106 Å². The lowest BCUT2D eigenvalue weighted by Gasteiger charge is -2.15. The number of nitrogens with zero attached hydrogens (tertiary/aromatic N) is 5. The highest BCUT2D eigenvalue weighted by atomic mass is 16.5. The highest BCUT2D eigenvalue weighted by Gasteiger charge is 2.10. The lowest BCUT2D eigenvalue weighted by Crippen LogP contribution is -2.15. The zero-order valence-electron chi connectivity index (χ0n) is 10.9. The minimum absolute atomic E-state index is 0.236. The Morgan fingerprint density at radius 3 is 3.00 bits per heavy atom. The lowest BCUT2D eigenvalue weighted by molar-refractivity contribution is 0.163. The maximum Gasteiger partial charge on any atom is 0.203 e. The van der Waals surface area contributed by atoms with E-state index in [9.17, 15) is 0 Å². The summed E-state index contributed by atoms with van der Waals surface area (Å²) in [6, 6.07) is 0.236. The van der Waals surface area contributed by atoms with Crippen LogP contribution in [-0.4, -0.2) is 38.0 Å². The van der Waals surface area contributed by atoms with Crippen LogP contribution in [0.5, 0.6) is 0 Å². The quantitative estimate of drug-likeness (QED) is 0.822. The van der Waals surface area contributed by atoms with Gasteiger partial charge in [0.05, 0.1) is 19.2 Å². The molecule has 0 amide bonds. The second-order valence-corrected chi connectivity index (χ2v) is 4.17. The molecule has 7 heteroatoms. The molecule has 18 heavy (non-hydrogen) atoms. The summed E-state index contributed by atoms with van der Waals surface area (Å²) in [5.41, 5.74) is 0. The molecule has 1 N–H and O–H groups in total. The normalized spacial score (nSPS) is 12.6. The van der Waals surface area contributed by atoms with Crippen molar-refractivity contribution >= 4 is 5.95 Å². The first-order chi connectivity index (χ1) is 8.72. The van der Waals surface area contributed by atoms with Crippen molar-refractivity contribution in [3.05, 3.63) is 24.5 Å². The van der Waals surface area contributed by atoms with E-state index in [0.717, 1.165) is 11.8 Å². The highest BCUT2D eigenvalue weighted by molar-refractivity contribution is 5.27. The van der Waals surface area contributed by atoms with E-state index < -0.39 is 0 Å². The van der Waals surface area contributed by atoms with Crippen LogP contribution < -0.4 is 5.32 Å². The molecule has 0 aromatic carbocycles. The molecular weight excluding hydrogens is 232 g/mol. The molecule has 2 rings (SSSR count).